The van der Waals surface area contributed by atoms with Gasteiger partial charge >= 0.3 is 12.1 Å². The molecule has 2 aliphatic heterocycles. The molecule has 0 spiro atoms. The second-order valence-electron chi connectivity index (χ2n) is 14.0. The Hall–Kier alpha value is -5.87. The molecule has 2 aromatic carbocycles. The third-order valence-corrected chi connectivity index (χ3v) is 9.89. The molecule has 58 heavy (non-hydrogen) atoms. The molecule has 0 saturated carbocycles. The number of benzene rings is 2. The number of hydrogen-bond acceptors (Lipinski definition) is 11. The quantitative estimate of drug-likeness (QED) is 0.0493. The van der Waals surface area contributed by atoms with E-state index in [1.54, 1.807) is 65.2 Å². The number of carbonyl (C=O) groups is 5. The summed E-state index contributed by atoms with van der Waals surface area (Å²) in [6, 6.07) is 10.8. The van der Waals surface area contributed by atoms with Crippen LogP contribution >= 0.6 is 0 Å². The topological polar surface area (TPSA) is 176 Å². The minimum Gasteiger partial charge on any atom is -0.493 e. The first kappa shape index (κ1) is 43.3. The van der Waals surface area contributed by atoms with Crippen molar-refractivity contribution >= 4 is 47.3 Å². The van der Waals surface area contributed by atoms with Crippen LogP contribution in [0.25, 0.3) is 0 Å². The van der Waals surface area contributed by atoms with E-state index in [0.29, 0.717) is 77.8 Å². The Morgan fingerprint density at radius 2 is 1.78 bits per heavy atom. The Morgan fingerprint density at radius 1 is 1.00 bits per heavy atom. The van der Waals surface area contributed by atoms with Crippen LogP contribution in [-0.2, 0) is 35.6 Å². The summed E-state index contributed by atoms with van der Waals surface area (Å²) in [5.74, 6) is -0.428. The zero-order chi connectivity index (χ0) is 41.6. The largest absolute Gasteiger partial charge is 0.493 e. The molecule has 4 amide bonds. The monoisotopic (exact) mass is 803 g/mol. The van der Waals surface area contributed by atoms with Gasteiger partial charge in [-0.05, 0) is 93.8 Å². The molecular formula is C42H53N5O11. The van der Waals surface area contributed by atoms with E-state index >= 15 is 0 Å². The normalized spacial score (nSPS) is 17.0. The molecule has 5 rings (SSSR count). The fraction of sp³-hybridized carbons (Fsp3) is 0.452. The predicted octanol–water partition coefficient (Wildman–Crippen LogP) is 6.19. The van der Waals surface area contributed by atoms with Crippen molar-refractivity contribution in [2.24, 2.45) is 7.05 Å². The van der Waals surface area contributed by atoms with Gasteiger partial charge in [-0.1, -0.05) is 12.7 Å². The molecule has 2 aliphatic rings. The number of methoxy groups -OCH3 is 2. The number of piperidine rings is 1. The van der Waals surface area contributed by atoms with E-state index in [9.17, 15) is 24.0 Å². The molecule has 312 valence electrons. The van der Waals surface area contributed by atoms with Gasteiger partial charge in [0, 0.05) is 44.6 Å². The molecule has 3 atom stereocenters. The highest BCUT2D eigenvalue weighted by Gasteiger charge is 2.41. The molecule has 16 nitrogen and oxygen atoms in total. The van der Waals surface area contributed by atoms with E-state index in [2.05, 4.69) is 17.2 Å². The minimum absolute atomic E-state index is 0.0453. The number of amides is 4. The van der Waals surface area contributed by atoms with E-state index in [1.807, 2.05) is 6.92 Å². The van der Waals surface area contributed by atoms with Gasteiger partial charge in [-0.15, -0.1) is 0 Å². The van der Waals surface area contributed by atoms with Gasteiger partial charge in [0.15, 0.2) is 24.0 Å². The zero-order valence-corrected chi connectivity index (χ0v) is 33.5. The average Bonchev–Trinajstić information content (AvgIpc) is 3.61. The number of anilines is 3. The molecule has 1 aromatic heterocycles. The van der Waals surface area contributed by atoms with Crippen molar-refractivity contribution in [1.29, 1.82) is 0 Å². The molecule has 2 fully saturated rings. The van der Waals surface area contributed by atoms with Gasteiger partial charge < -0.3 is 48.5 Å². The lowest BCUT2D eigenvalue weighted by Crippen LogP contribution is -2.58. The molecule has 2 saturated heterocycles. The van der Waals surface area contributed by atoms with Crippen LogP contribution in [0, 0.1) is 6.92 Å². The fourth-order valence-corrected chi connectivity index (χ4v) is 6.94. The number of nitrogens with one attached hydrogen (secondary N) is 2. The smallest absolute Gasteiger partial charge is 0.416 e. The SMILES string of the molecule is C=CCOC(=O)N(c1cc(OCCCC(=O)Nc2cc(C(=O)Nc3ccc(C(=O)OC)cc3)n(C)c2)c(OC)cc1C)C(OC1CCCCO1)C1CCCCN1C=O. The Bertz CT molecular complexity index is 1910. The Balaban J connectivity index is 1.27. The van der Waals surface area contributed by atoms with Crippen molar-refractivity contribution in [1.82, 2.24) is 9.47 Å². The van der Waals surface area contributed by atoms with Gasteiger partial charge in [0.2, 0.25) is 12.3 Å². The van der Waals surface area contributed by atoms with Crippen LogP contribution in [0.15, 0.2) is 61.3 Å². The lowest BCUT2D eigenvalue weighted by molar-refractivity contribution is -0.201. The van der Waals surface area contributed by atoms with Crippen LogP contribution in [-0.4, -0.2) is 98.9 Å². The summed E-state index contributed by atoms with van der Waals surface area (Å²) < 4.78 is 36.3. The first-order valence-corrected chi connectivity index (χ1v) is 19.4. The van der Waals surface area contributed by atoms with Crippen LogP contribution in [0.3, 0.4) is 0 Å². The highest BCUT2D eigenvalue weighted by Crippen LogP contribution is 2.38. The molecule has 3 aromatic rings. The molecule has 0 radical (unpaired) electrons. The van der Waals surface area contributed by atoms with E-state index in [-0.39, 0.29) is 25.5 Å². The van der Waals surface area contributed by atoms with Gasteiger partial charge in [0.05, 0.1) is 43.8 Å². The van der Waals surface area contributed by atoms with Crippen molar-refractivity contribution in [3.05, 3.63) is 78.1 Å². The van der Waals surface area contributed by atoms with E-state index in [1.165, 1.54) is 25.2 Å². The van der Waals surface area contributed by atoms with Gasteiger partial charge in [-0.3, -0.25) is 14.4 Å². The Kier molecular flexibility index (Phi) is 15.7. The number of aromatic nitrogens is 1. The predicted molar refractivity (Wildman–Crippen MR) is 215 cm³/mol. The van der Waals surface area contributed by atoms with Crippen LogP contribution in [0.1, 0.15) is 77.8 Å². The summed E-state index contributed by atoms with van der Waals surface area (Å²) in [5, 5.41) is 5.61. The van der Waals surface area contributed by atoms with Crippen molar-refractivity contribution in [2.45, 2.75) is 76.9 Å². The Morgan fingerprint density at radius 3 is 2.47 bits per heavy atom. The number of likely N-dealkylation sites (tertiary alicyclic amines) is 1. The van der Waals surface area contributed by atoms with E-state index < -0.39 is 36.5 Å². The molecule has 16 heteroatoms. The van der Waals surface area contributed by atoms with Gasteiger partial charge in [0.25, 0.3) is 5.91 Å². The van der Waals surface area contributed by atoms with Crippen LogP contribution < -0.4 is 25.0 Å². The summed E-state index contributed by atoms with van der Waals surface area (Å²) in [6.07, 6.45) is 6.84. The maximum Gasteiger partial charge on any atom is 0.416 e. The van der Waals surface area contributed by atoms with E-state index in [0.717, 1.165) is 32.1 Å². The third-order valence-electron chi connectivity index (χ3n) is 9.89. The summed E-state index contributed by atoms with van der Waals surface area (Å²) >= 11 is 0. The highest BCUT2D eigenvalue weighted by atomic mass is 16.7. The van der Waals surface area contributed by atoms with E-state index in [4.69, 9.17) is 28.4 Å². The second-order valence-corrected chi connectivity index (χ2v) is 14.0. The first-order valence-electron chi connectivity index (χ1n) is 19.4. The fourth-order valence-electron chi connectivity index (χ4n) is 6.94. The maximum absolute atomic E-state index is 14.0. The number of ether oxygens (including phenoxy) is 6. The number of aryl methyl sites for hydroxylation is 2. The number of nitrogens with zero attached hydrogens (tertiary/aromatic N) is 3. The van der Waals surface area contributed by atoms with Crippen LogP contribution in [0.5, 0.6) is 11.5 Å². The first-order chi connectivity index (χ1) is 28.1. The second kappa shape index (κ2) is 21.0. The van der Waals surface area contributed by atoms with Crippen LogP contribution in [0.2, 0.25) is 0 Å². The summed E-state index contributed by atoms with van der Waals surface area (Å²) in [7, 11) is 4.49. The maximum atomic E-state index is 14.0. The summed E-state index contributed by atoms with van der Waals surface area (Å²) in [6.45, 7) is 6.65. The standard InChI is InChI=1S/C42H53N5O11/c1-6-20-57-42(52)47(40(58-38-14-8-10-21-56-38)32-12-7-9-19-46(32)27-48)33-25-36(35(53-4)23-28(33)2)55-22-11-13-37(49)43-31-24-34(45(3)26-31)39(50)44-30-17-15-29(16-18-30)41(51)54-5/h6,15-18,23-27,32,38,40H,1,7-14,19-22H2,2-5H3,(H,43,49)(H,44,50). The zero-order valence-electron chi connectivity index (χ0n) is 33.5. The van der Waals surface area contributed by atoms with Crippen molar-refractivity contribution < 1.29 is 52.4 Å². The summed E-state index contributed by atoms with van der Waals surface area (Å²) in [5.41, 5.74) is 2.68. The lowest BCUT2D eigenvalue weighted by Gasteiger charge is -2.44. The van der Waals surface area contributed by atoms with Crippen molar-refractivity contribution in [3.63, 3.8) is 0 Å². The van der Waals surface area contributed by atoms with Crippen LogP contribution in [0.4, 0.5) is 21.9 Å². The number of rotatable bonds is 18. The minimum atomic E-state index is -0.946. The molecule has 3 unspecified atom stereocenters. The molecular weight excluding hydrogens is 750 g/mol. The lowest BCUT2D eigenvalue weighted by atomic mass is 9.99. The molecule has 0 aliphatic carbocycles. The summed E-state index contributed by atoms with van der Waals surface area (Å²) in [4.78, 5) is 67.1. The number of carbonyl (C=O) groups excluding carboxylic acids is 5. The molecule has 2 N–H and O–H groups in total. The number of hydrogen-bond donors (Lipinski definition) is 2. The van der Waals surface area contributed by atoms with Gasteiger partial charge in [-0.2, -0.15) is 0 Å². The molecule has 3 heterocycles. The average molecular weight is 804 g/mol. The highest BCUT2D eigenvalue weighted by molar-refractivity contribution is 6.05. The molecule has 0 bridgehead atoms. The Labute approximate surface area is 338 Å². The van der Waals surface area contributed by atoms with Gasteiger partial charge in [-0.25, -0.2) is 14.5 Å². The van der Waals surface area contributed by atoms with Gasteiger partial charge in [0.1, 0.15) is 12.3 Å². The van der Waals surface area contributed by atoms with Crippen molar-refractivity contribution in [2.75, 3.05) is 56.1 Å². The third kappa shape index (κ3) is 11.2. The van der Waals surface area contributed by atoms with Crippen molar-refractivity contribution in [3.8, 4) is 11.5 Å². The number of esters is 1.